The van der Waals surface area contributed by atoms with Crippen molar-refractivity contribution in [3.8, 4) is 11.1 Å². The summed E-state index contributed by atoms with van der Waals surface area (Å²) in [5.41, 5.74) is 0.657. The maximum Gasteiger partial charge on any atom is 0.212 e. The minimum atomic E-state index is -0.656. The molecule has 0 atom stereocenters. The highest BCUT2D eigenvalue weighted by atomic mass is 19.1. The van der Waals surface area contributed by atoms with Gasteiger partial charge in [-0.05, 0) is 36.8 Å². The van der Waals surface area contributed by atoms with E-state index >= 15 is 0 Å². The predicted molar refractivity (Wildman–Crippen MR) is 54.3 cm³/mol. The summed E-state index contributed by atoms with van der Waals surface area (Å²) < 4.78 is 39.4. The average Bonchev–Trinajstić information content (AvgIpc) is 2.25. The number of benzene rings is 1. The quantitative estimate of drug-likeness (QED) is 0.674. The molecule has 0 aliphatic rings. The monoisotopic (exact) mass is 223 g/mol. The van der Waals surface area contributed by atoms with E-state index < -0.39 is 17.6 Å². The minimum absolute atomic E-state index is 0.0793. The summed E-state index contributed by atoms with van der Waals surface area (Å²) in [7, 11) is 0. The molecule has 0 saturated heterocycles. The number of hydrogen-bond acceptors (Lipinski definition) is 1. The van der Waals surface area contributed by atoms with Gasteiger partial charge in [0.15, 0.2) is 0 Å². The van der Waals surface area contributed by atoms with Crippen LogP contribution in [0.4, 0.5) is 13.2 Å². The maximum atomic E-state index is 13.5. The van der Waals surface area contributed by atoms with Gasteiger partial charge in [0, 0.05) is 17.3 Å². The Kier molecular flexibility index (Phi) is 2.64. The molecular formula is C12H8F3N. The molecule has 0 fully saturated rings. The van der Waals surface area contributed by atoms with E-state index in [0.717, 1.165) is 18.2 Å². The van der Waals surface area contributed by atoms with E-state index in [9.17, 15) is 13.2 Å². The molecule has 82 valence electrons. The largest absolute Gasteiger partial charge is 0.228 e. The van der Waals surface area contributed by atoms with Crippen LogP contribution in [0.3, 0.4) is 0 Å². The lowest BCUT2D eigenvalue weighted by Gasteiger charge is -2.05. The van der Waals surface area contributed by atoms with Crippen LogP contribution in [-0.4, -0.2) is 4.98 Å². The van der Waals surface area contributed by atoms with Gasteiger partial charge in [0.25, 0.3) is 0 Å². The molecule has 1 aromatic heterocycles. The highest BCUT2D eigenvalue weighted by molar-refractivity contribution is 5.63. The van der Waals surface area contributed by atoms with Crippen molar-refractivity contribution in [1.82, 2.24) is 4.98 Å². The highest BCUT2D eigenvalue weighted by Gasteiger charge is 2.09. The second-order valence-electron chi connectivity index (χ2n) is 3.45. The van der Waals surface area contributed by atoms with Crippen molar-refractivity contribution in [3.63, 3.8) is 0 Å². The second-order valence-corrected chi connectivity index (χ2v) is 3.45. The van der Waals surface area contributed by atoms with Crippen LogP contribution in [0.2, 0.25) is 0 Å². The van der Waals surface area contributed by atoms with Gasteiger partial charge < -0.3 is 0 Å². The molecule has 2 rings (SSSR count). The topological polar surface area (TPSA) is 12.9 Å². The zero-order valence-electron chi connectivity index (χ0n) is 8.47. The van der Waals surface area contributed by atoms with Crippen molar-refractivity contribution in [2.24, 2.45) is 0 Å². The number of aromatic nitrogens is 1. The Balaban J connectivity index is 2.56. The molecule has 0 aliphatic carbocycles. The third-order valence-corrected chi connectivity index (χ3v) is 2.29. The molecular weight excluding hydrogens is 215 g/mol. The summed E-state index contributed by atoms with van der Waals surface area (Å²) in [6, 6.07) is 4.65. The lowest BCUT2D eigenvalue weighted by atomic mass is 10.0. The van der Waals surface area contributed by atoms with Crippen LogP contribution in [0.15, 0.2) is 30.5 Å². The van der Waals surface area contributed by atoms with Gasteiger partial charge in [-0.3, -0.25) is 0 Å². The molecule has 0 unspecified atom stereocenters. The normalized spacial score (nSPS) is 10.5. The lowest BCUT2D eigenvalue weighted by Crippen LogP contribution is -1.91. The Hall–Kier alpha value is -1.84. The summed E-state index contributed by atoms with van der Waals surface area (Å²) in [6.07, 6.45) is 1.17. The number of hydrogen-bond donors (Lipinski definition) is 0. The zero-order chi connectivity index (χ0) is 11.7. The first-order valence-electron chi connectivity index (χ1n) is 4.65. The van der Waals surface area contributed by atoms with E-state index in [2.05, 4.69) is 4.98 Å². The Morgan fingerprint density at radius 3 is 2.38 bits per heavy atom. The first-order chi connectivity index (χ1) is 7.58. The van der Waals surface area contributed by atoms with Crippen LogP contribution in [0.25, 0.3) is 11.1 Å². The van der Waals surface area contributed by atoms with Crippen molar-refractivity contribution in [1.29, 1.82) is 0 Å². The molecule has 1 heterocycles. The van der Waals surface area contributed by atoms with Gasteiger partial charge in [-0.1, -0.05) is 0 Å². The molecule has 0 amide bonds. The van der Waals surface area contributed by atoms with Crippen molar-refractivity contribution >= 4 is 0 Å². The fourth-order valence-corrected chi connectivity index (χ4v) is 1.40. The molecule has 0 radical (unpaired) electrons. The fraction of sp³-hybridized carbons (Fsp3) is 0.0833. The Morgan fingerprint density at radius 2 is 1.75 bits per heavy atom. The Morgan fingerprint density at radius 1 is 1.00 bits per heavy atom. The third-order valence-electron chi connectivity index (χ3n) is 2.29. The van der Waals surface area contributed by atoms with Gasteiger partial charge in [0.05, 0.1) is 0 Å². The molecule has 0 N–H and O–H groups in total. The van der Waals surface area contributed by atoms with E-state index in [1.165, 1.54) is 19.2 Å². The molecule has 0 spiro atoms. The van der Waals surface area contributed by atoms with E-state index in [1.54, 1.807) is 0 Å². The molecule has 0 saturated carbocycles. The van der Waals surface area contributed by atoms with Gasteiger partial charge in [0.2, 0.25) is 5.95 Å². The van der Waals surface area contributed by atoms with E-state index in [0.29, 0.717) is 5.56 Å². The van der Waals surface area contributed by atoms with Crippen LogP contribution >= 0.6 is 0 Å². The number of halogens is 3. The molecule has 1 aromatic carbocycles. The van der Waals surface area contributed by atoms with Gasteiger partial charge >= 0.3 is 0 Å². The van der Waals surface area contributed by atoms with Gasteiger partial charge in [-0.15, -0.1) is 0 Å². The summed E-state index contributed by atoms with van der Waals surface area (Å²) >= 11 is 0. The van der Waals surface area contributed by atoms with Crippen LogP contribution in [0.1, 0.15) is 5.56 Å². The smallest absolute Gasteiger partial charge is 0.212 e. The molecule has 1 nitrogen and oxygen atoms in total. The fourth-order valence-electron chi connectivity index (χ4n) is 1.40. The Labute approximate surface area is 90.6 Å². The number of pyridine rings is 1. The first kappa shape index (κ1) is 10.7. The highest BCUT2D eigenvalue weighted by Crippen LogP contribution is 2.24. The molecule has 2 aromatic rings. The number of nitrogens with zero attached hydrogens (tertiary/aromatic N) is 1. The van der Waals surface area contributed by atoms with Crippen molar-refractivity contribution in [2.75, 3.05) is 0 Å². The number of aryl methyl sites for hydroxylation is 1. The van der Waals surface area contributed by atoms with E-state index in [4.69, 9.17) is 0 Å². The van der Waals surface area contributed by atoms with Crippen LogP contribution < -0.4 is 0 Å². The first-order valence-corrected chi connectivity index (χ1v) is 4.65. The number of rotatable bonds is 1. The van der Waals surface area contributed by atoms with Crippen molar-refractivity contribution in [2.45, 2.75) is 6.92 Å². The molecule has 0 bridgehead atoms. The Bertz CT molecular complexity index is 521. The summed E-state index contributed by atoms with van der Waals surface area (Å²) in [5.74, 6) is -1.70. The maximum absolute atomic E-state index is 13.5. The lowest BCUT2D eigenvalue weighted by molar-refractivity contribution is 0.583. The summed E-state index contributed by atoms with van der Waals surface area (Å²) in [5, 5.41) is 0. The van der Waals surface area contributed by atoms with E-state index in [-0.39, 0.29) is 11.1 Å². The van der Waals surface area contributed by atoms with Crippen LogP contribution in [0.5, 0.6) is 0 Å². The predicted octanol–water partition coefficient (Wildman–Crippen LogP) is 3.47. The van der Waals surface area contributed by atoms with E-state index in [1.807, 2.05) is 0 Å². The van der Waals surface area contributed by atoms with Gasteiger partial charge in [0.1, 0.15) is 11.6 Å². The molecule has 4 heteroatoms. The van der Waals surface area contributed by atoms with Crippen molar-refractivity contribution in [3.05, 3.63) is 53.6 Å². The molecule has 16 heavy (non-hydrogen) atoms. The zero-order valence-corrected chi connectivity index (χ0v) is 8.47. The van der Waals surface area contributed by atoms with Gasteiger partial charge in [-0.25, -0.2) is 13.8 Å². The van der Waals surface area contributed by atoms with Crippen LogP contribution in [-0.2, 0) is 0 Å². The SMILES string of the molecule is Cc1cc(F)c(-c2ccc(F)nc2)cc1F. The third kappa shape index (κ3) is 1.91. The van der Waals surface area contributed by atoms with Crippen molar-refractivity contribution < 1.29 is 13.2 Å². The summed E-state index contributed by atoms with van der Waals surface area (Å²) in [4.78, 5) is 3.39. The standard InChI is InChI=1S/C12H8F3N/c1-7-4-11(14)9(5-10(7)13)8-2-3-12(15)16-6-8/h2-6H,1H3. The molecule has 0 aliphatic heterocycles. The summed E-state index contributed by atoms with van der Waals surface area (Å²) in [6.45, 7) is 1.48. The average molecular weight is 223 g/mol. The minimum Gasteiger partial charge on any atom is -0.228 e. The van der Waals surface area contributed by atoms with Crippen LogP contribution in [0, 0.1) is 24.5 Å². The van der Waals surface area contributed by atoms with Gasteiger partial charge in [-0.2, -0.15) is 4.39 Å². The second kappa shape index (κ2) is 3.96.